The van der Waals surface area contributed by atoms with Crippen LogP contribution < -0.4 is 0 Å². The largest absolute Gasteiger partial charge is 0.335 e. The summed E-state index contributed by atoms with van der Waals surface area (Å²) in [4.78, 5) is 20.9. The third kappa shape index (κ3) is 2.87. The Kier molecular flexibility index (Phi) is 4.22. The lowest BCUT2D eigenvalue weighted by Gasteiger charge is -2.33. The highest BCUT2D eigenvalue weighted by atomic mass is 16.2. The predicted molar refractivity (Wildman–Crippen MR) is 84.7 cm³/mol. The van der Waals surface area contributed by atoms with Crippen LogP contribution in [0.2, 0.25) is 0 Å². The number of para-hydroxylation sites is 1. The van der Waals surface area contributed by atoms with E-state index in [-0.39, 0.29) is 5.91 Å². The molecule has 2 heterocycles. The molecule has 0 radical (unpaired) electrons. The maximum atomic E-state index is 12.7. The van der Waals surface area contributed by atoms with Crippen molar-refractivity contribution in [3.63, 3.8) is 0 Å². The van der Waals surface area contributed by atoms with Gasteiger partial charge in [0.2, 0.25) is 0 Å². The van der Waals surface area contributed by atoms with Crippen molar-refractivity contribution in [3.8, 4) is 18.0 Å². The van der Waals surface area contributed by atoms with Crippen LogP contribution in [0.1, 0.15) is 10.5 Å². The Morgan fingerprint density at radius 3 is 2.59 bits per heavy atom. The number of piperazine rings is 1. The van der Waals surface area contributed by atoms with E-state index in [1.54, 1.807) is 12.5 Å². The summed E-state index contributed by atoms with van der Waals surface area (Å²) in [7, 11) is 0. The highest BCUT2D eigenvalue weighted by molar-refractivity contribution is 5.93. The van der Waals surface area contributed by atoms with Gasteiger partial charge in [0, 0.05) is 31.9 Å². The van der Waals surface area contributed by atoms with Gasteiger partial charge < -0.3 is 4.90 Å². The minimum absolute atomic E-state index is 0.0155. The third-order valence-electron chi connectivity index (χ3n) is 3.87. The van der Waals surface area contributed by atoms with Crippen LogP contribution in [0.25, 0.3) is 5.69 Å². The van der Waals surface area contributed by atoms with Crippen LogP contribution >= 0.6 is 0 Å². The van der Waals surface area contributed by atoms with Gasteiger partial charge in [0.15, 0.2) is 0 Å². The molecule has 0 aliphatic carbocycles. The smallest absolute Gasteiger partial charge is 0.272 e. The maximum Gasteiger partial charge on any atom is 0.272 e. The molecule has 1 aliphatic heterocycles. The SMILES string of the molecule is C#CCN1CCN(C(=O)c2cncn2-c2ccccc2)CC1. The van der Waals surface area contributed by atoms with Crippen LogP contribution in [0.15, 0.2) is 42.9 Å². The Hall–Kier alpha value is -2.58. The van der Waals surface area contributed by atoms with Crippen molar-refractivity contribution in [2.75, 3.05) is 32.7 Å². The molecule has 112 valence electrons. The number of hydrogen-bond donors (Lipinski definition) is 0. The van der Waals surface area contributed by atoms with Crippen LogP contribution in [-0.2, 0) is 0 Å². The zero-order valence-corrected chi connectivity index (χ0v) is 12.4. The van der Waals surface area contributed by atoms with Crippen molar-refractivity contribution in [1.82, 2.24) is 19.4 Å². The molecule has 0 N–H and O–H groups in total. The molecule has 0 spiro atoms. The minimum atomic E-state index is 0.0155. The summed E-state index contributed by atoms with van der Waals surface area (Å²) in [5.74, 6) is 2.66. The Morgan fingerprint density at radius 2 is 1.91 bits per heavy atom. The van der Waals surface area contributed by atoms with E-state index in [9.17, 15) is 4.79 Å². The molecule has 0 unspecified atom stereocenters. The highest BCUT2D eigenvalue weighted by Crippen LogP contribution is 2.14. The van der Waals surface area contributed by atoms with Gasteiger partial charge in [-0.2, -0.15) is 0 Å². The van der Waals surface area contributed by atoms with Gasteiger partial charge in [-0.15, -0.1) is 6.42 Å². The van der Waals surface area contributed by atoms with Crippen molar-refractivity contribution in [2.24, 2.45) is 0 Å². The first-order chi connectivity index (χ1) is 10.8. The predicted octanol–water partition coefficient (Wildman–Crippen LogP) is 1.26. The van der Waals surface area contributed by atoms with E-state index in [2.05, 4.69) is 15.8 Å². The van der Waals surface area contributed by atoms with Gasteiger partial charge in [0.05, 0.1) is 19.1 Å². The second-order valence-electron chi connectivity index (χ2n) is 5.26. The lowest BCUT2D eigenvalue weighted by molar-refractivity contribution is 0.0644. The summed E-state index contributed by atoms with van der Waals surface area (Å²) in [5, 5.41) is 0. The molecule has 0 atom stereocenters. The van der Waals surface area contributed by atoms with Crippen LogP contribution in [0, 0.1) is 12.3 Å². The fourth-order valence-corrected chi connectivity index (χ4v) is 2.65. The summed E-state index contributed by atoms with van der Waals surface area (Å²) in [5.41, 5.74) is 1.53. The monoisotopic (exact) mass is 294 g/mol. The van der Waals surface area contributed by atoms with Crippen molar-refractivity contribution >= 4 is 5.91 Å². The lowest BCUT2D eigenvalue weighted by Crippen LogP contribution is -2.49. The minimum Gasteiger partial charge on any atom is -0.335 e. The Morgan fingerprint density at radius 1 is 1.18 bits per heavy atom. The Balaban J connectivity index is 1.75. The molecule has 1 aromatic heterocycles. The number of hydrogen-bond acceptors (Lipinski definition) is 3. The molecular formula is C17H18N4O. The topological polar surface area (TPSA) is 41.4 Å². The summed E-state index contributed by atoms with van der Waals surface area (Å²) >= 11 is 0. The second kappa shape index (κ2) is 6.46. The second-order valence-corrected chi connectivity index (χ2v) is 5.26. The van der Waals surface area contributed by atoms with Crippen LogP contribution in [0.3, 0.4) is 0 Å². The molecule has 1 saturated heterocycles. The van der Waals surface area contributed by atoms with Crippen molar-refractivity contribution in [2.45, 2.75) is 0 Å². The van der Waals surface area contributed by atoms with Crippen LogP contribution in [0.5, 0.6) is 0 Å². The molecule has 5 nitrogen and oxygen atoms in total. The van der Waals surface area contributed by atoms with Crippen LogP contribution in [-0.4, -0.2) is 58.0 Å². The number of carbonyl (C=O) groups excluding carboxylic acids is 1. The first-order valence-corrected chi connectivity index (χ1v) is 7.32. The standard InChI is InChI=1S/C17H18N4O/c1-2-8-19-9-11-20(12-10-19)17(22)16-13-18-14-21(16)15-6-4-3-5-7-15/h1,3-7,13-14H,8-12H2. The zero-order chi connectivity index (χ0) is 15.4. The molecule has 1 aliphatic rings. The van der Waals surface area contributed by atoms with Crippen molar-refractivity contribution < 1.29 is 4.79 Å². The van der Waals surface area contributed by atoms with E-state index < -0.39 is 0 Å². The molecular weight excluding hydrogens is 276 g/mol. The van der Waals surface area contributed by atoms with Gasteiger partial charge in [-0.1, -0.05) is 24.1 Å². The van der Waals surface area contributed by atoms with Gasteiger partial charge in [-0.25, -0.2) is 4.98 Å². The Bertz CT molecular complexity index is 678. The summed E-state index contributed by atoms with van der Waals surface area (Å²) in [6.45, 7) is 3.66. The molecule has 22 heavy (non-hydrogen) atoms. The average Bonchev–Trinajstić information content (AvgIpc) is 3.06. The highest BCUT2D eigenvalue weighted by Gasteiger charge is 2.24. The van der Waals surface area contributed by atoms with Crippen molar-refractivity contribution in [3.05, 3.63) is 48.5 Å². The number of imidazole rings is 1. The number of terminal acetylenes is 1. The first-order valence-electron chi connectivity index (χ1n) is 7.32. The normalized spacial score (nSPS) is 15.5. The lowest BCUT2D eigenvalue weighted by atomic mass is 10.2. The molecule has 3 rings (SSSR count). The molecule has 1 amide bonds. The number of rotatable bonds is 3. The third-order valence-corrected chi connectivity index (χ3v) is 3.87. The van der Waals surface area contributed by atoms with Gasteiger partial charge in [0.25, 0.3) is 5.91 Å². The van der Waals surface area contributed by atoms with Gasteiger partial charge >= 0.3 is 0 Å². The summed E-state index contributed by atoms with van der Waals surface area (Å²) in [6, 6.07) is 9.77. The number of amides is 1. The Labute approximate surface area is 130 Å². The first kappa shape index (κ1) is 14.4. The zero-order valence-electron chi connectivity index (χ0n) is 12.4. The van der Waals surface area contributed by atoms with Crippen molar-refractivity contribution in [1.29, 1.82) is 0 Å². The van der Waals surface area contributed by atoms with E-state index in [0.717, 1.165) is 18.8 Å². The summed E-state index contributed by atoms with van der Waals surface area (Å²) < 4.78 is 1.83. The van der Waals surface area contributed by atoms with Gasteiger partial charge in [-0.3, -0.25) is 14.3 Å². The number of benzene rings is 1. The number of nitrogens with zero attached hydrogens (tertiary/aromatic N) is 4. The van der Waals surface area contributed by atoms with E-state index in [1.165, 1.54) is 0 Å². The quantitative estimate of drug-likeness (QED) is 0.800. The molecule has 1 fully saturated rings. The fraction of sp³-hybridized carbons (Fsp3) is 0.294. The molecule has 1 aromatic carbocycles. The van der Waals surface area contributed by atoms with E-state index >= 15 is 0 Å². The van der Waals surface area contributed by atoms with E-state index in [1.807, 2.05) is 39.8 Å². The van der Waals surface area contributed by atoms with E-state index in [0.29, 0.717) is 25.3 Å². The fourth-order valence-electron chi connectivity index (χ4n) is 2.65. The number of aromatic nitrogens is 2. The van der Waals surface area contributed by atoms with Crippen LogP contribution in [0.4, 0.5) is 0 Å². The maximum absolute atomic E-state index is 12.7. The molecule has 2 aromatic rings. The number of carbonyl (C=O) groups is 1. The molecule has 5 heteroatoms. The molecule has 0 saturated carbocycles. The van der Waals surface area contributed by atoms with Gasteiger partial charge in [-0.05, 0) is 12.1 Å². The van der Waals surface area contributed by atoms with Gasteiger partial charge in [0.1, 0.15) is 5.69 Å². The molecule has 0 bridgehead atoms. The summed E-state index contributed by atoms with van der Waals surface area (Å²) in [6.07, 6.45) is 8.64. The van der Waals surface area contributed by atoms with E-state index in [4.69, 9.17) is 6.42 Å². The average molecular weight is 294 g/mol.